The average Bonchev–Trinajstić information content (AvgIpc) is 2.91. The number of carbonyl (C=O) groups is 1. The van der Waals surface area contributed by atoms with Gasteiger partial charge in [0.25, 0.3) is 0 Å². The zero-order valence-electron chi connectivity index (χ0n) is 23.0. The van der Waals surface area contributed by atoms with Crippen molar-refractivity contribution in [1.82, 2.24) is 4.90 Å². The van der Waals surface area contributed by atoms with Gasteiger partial charge >= 0.3 is 5.97 Å². The second-order valence-corrected chi connectivity index (χ2v) is 12.0. The van der Waals surface area contributed by atoms with Crippen molar-refractivity contribution in [2.45, 2.75) is 40.0 Å². The van der Waals surface area contributed by atoms with Gasteiger partial charge < -0.3 is 14.7 Å². The summed E-state index contributed by atoms with van der Waals surface area (Å²) in [5.74, 6) is 0.0529. The first-order valence-electron chi connectivity index (χ1n) is 13.7. The fraction of sp³-hybridized carbons (Fsp3) is 0.364. The highest BCUT2D eigenvalue weighted by Gasteiger charge is 2.29. The molecule has 1 heterocycles. The third-order valence-corrected chi connectivity index (χ3v) is 8.29. The minimum Gasteiger partial charge on any atom is -0.478 e. The number of hydrogen-bond donors (Lipinski definition) is 1. The van der Waals surface area contributed by atoms with Crippen molar-refractivity contribution in [3.63, 3.8) is 0 Å². The Labute approximate surface area is 236 Å². The molecular formula is C33H37ClN2O3. The zero-order chi connectivity index (χ0) is 27.6. The highest BCUT2D eigenvalue weighted by atomic mass is 35.5. The number of anilines is 1. The Morgan fingerprint density at radius 2 is 1.69 bits per heavy atom. The zero-order valence-corrected chi connectivity index (χ0v) is 23.8. The first kappa shape index (κ1) is 27.3. The summed E-state index contributed by atoms with van der Waals surface area (Å²) in [7, 11) is 0. The Balaban J connectivity index is 1.30. The third kappa shape index (κ3) is 6.48. The van der Waals surface area contributed by atoms with E-state index in [-0.39, 0.29) is 5.56 Å². The number of para-hydroxylation sites is 1. The highest BCUT2D eigenvalue weighted by molar-refractivity contribution is 6.30. The monoisotopic (exact) mass is 544 g/mol. The lowest BCUT2D eigenvalue weighted by atomic mass is 9.72. The molecule has 0 saturated carbocycles. The number of carboxylic acid groups (broad SMARTS) is 1. The molecule has 3 aromatic carbocycles. The van der Waals surface area contributed by atoms with Gasteiger partial charge in [0.2, 0.25) is 0 Å². The van der Waals surface area contributed by atoms with E-state index in [2.05, 4.69) is 35.8 Å². The number of rotatable bonds is 7. The van der Waals surface area contributed by atoms with Gasteiger partial charge in [0, 0.05) is 49.5 Å². The molecule has 6 heteroatoms. The molecular weight excluding hydrogens is 508 g/mol. The summed E-state index contributed by atoms with van der Waals surface area (Å²) in [5, 5.41) is 10.5. The summed E-state index contributed by atoms with van der Waals surface area (Å²) in [6, 6.07) is 21.4. The number of benzene rings is 3. The first-order chi connectivity index (χ1) is 18.7. The van der Waals surface area contributed by atoms with E-state index in [0.29, 0.717) is 16.9 Å². The van der Waals surface area contributed by atoms with Crippen LogP contribution >= 0.6 is 11.6 Å². The molecule has 1 aliphatic carbocycles. The second kappa shape index (κ2) is 11.4. The predicted octanol–water partition coefficient (Wildman–Crippen LogP) is 7.92. The van der Waals surface area contributed by atoms with Crippen molar-refractivity contribution < 1.29 is 14.6 Å². The lowest BCUT2D eigenvalue weighted by molar-refractivity contribution is 0.0694. The number of aryl methyl sites for hydroxylation is 1. The minimum atomic E-state index is -0.990. The van der Waals surface area contributed by atoms with Crippen molar-refractivity contribution in [3.8, 4) is 11.5 Å². The van der Waals surface area contributed by atoms with Gasteiger partial charge in [-0.1, -0.05) is 61.4 Å². The van der Waals surface area contributed by atoms with Gasteiger partial charge in [0.1, 0.15) is 17.1 Å². The van der Waals surface area contributed by atoms with Crippen LogP contribution in [-0.2, 0) is 0 Å². The van der Waals surface area contributed by atoms with Gasteiger partial charge in [0.15, 0.2) is 0 Å². The topological polar surface area (TPSA) is 53.0 Å². The first-order valence-corrected chi connectivity index (χ1v) is 14.1. The van der Waals surface area contributed by atoms with Crippen molar-refractivity contribution in [3.05, 3.63) is 94.0 Å². The van der Waals surface area contributed by atoms with Crippen molar-refractivity contribution >= 4 is 28.8 Å². The summed E-state index contributed by atoms with van der Waals surface area (Å²) in [6.45, 7) is 11.3. The smallest absolute Gasteiger partial charge is 0.339 e. The predicted molar refractivity (Wildman–Crippen MR) is 159 cm³/mol. The largest absolute Gasteiger partial charge is 0.478 e. The van der Waals surface area contributed by atoms with Crippen LogP contribution in [0.25, 0.3) is 5.57 Å². The van der Waals surface area contributed by atoms with E-state index in [1.807, 2.05) is 55.5 Å². The molecule has 5 rings (SSSR count). The van der Waals surface area contributed by atoms with Crippen LogP contribution in [0.3, 0.4) is 0 Å². The lowest BCUT2D eigenvalue weighted by Crippen LogP contribution is -2.47. The number of carboxylic acids is 1. The van der Waals surface area contributed by atoms with Gasteiger partial charge in [-0.25, -0.2) is 4.79 Å². The Morgan fingerprint density at radius 1 is 0.974 bits per heavy atom. The lowest BCUT2D eigenvalue weighted by Gasteiger charge is -2.39. The van der Waals surface area contributed by atoms with Crippen molar-refractivity contribution in [1.29, 1.82) is 0 Å². The molecule has 1 saturated heterocycles. The van der Waals surface area contributed by atoms with Crippen LogP contribution in [0.1, 0.15) is 54.6 Å². The number of ether oxygens (including phenoxy) is 1. The maximum atomic E-state index is 11.9. The molecule has 0 radical (unpaired) electrons. The quantitative estimate of drug-likeness (QED) is 0.327. The second-order valence-electron chi connectivity index (χ2n) is 11.5. The van der Waals surface area contributed by atoms with Crippen molar-refractivity contribution in [2.24, 2.45) is 5.41 Å². The van der Waals surface area contributed by atoms with Gasteiger partial charge in [-0.2, -0.15) is 0 Å². The maximum absolute atomic E-state index is 11.9. The molecule has 5 nitrogen and oxygen atoms in total. The fourth-order valence-electron chi connectivity index (χ4n) is 5.66. The molecule has 1 N–H and O–H groups in total. The minimum absolute atomic E-state index is 0.169. The summed E-state index contributed by atoms with van der Waals surface area (Å²) >= 11 is 6.18. The van der Waals surface area contributed by atoms with E-state index in [0.717, 1.165) is 61.8 Å². The van der Waals surface area contributed by atoms with E-state index in [1.54, 1.807) is 11.6 Å². The molecule has 204 valence electrons. The molecule has 1 fully saturated rings. The molecule has 0 amide bonds. The number of piperazine rings is 1. The van der Waals surface area contributed by atoms with E-state index in [1.165, 1.54) is 17.6 Å². The number of aromatic carboxylic acids is 1. The molecule has 0 unspecified atom stereocenters. The fourth-order valence-corrected chi connectivity index (χ4v) is 5.78. The van der Waals surface area contributed by atoms with E-state index < -0.39 is 5.97 Å². The molecule has 2 aliphatic rings. The third-order valence-electron chi connectivity index (χ3n) is 8.04. The maximum Gasteiger partial charge on any atom is 0.339 e. The molecule has 0 spiro atoms. The van der Waals surface area contributed by atoms with Crippen LogP contribution in [0.5, 0.6) is 11.5 Å². The Morgan fingerprint density at radius 3 is 2.38 bits per heavy atom. The van der Waals surface area contributed by atoms with Crippen LogP contribution in [0.4, 0.5) is 5.69 Å². The average molecular weight is 545 g/mol. The van der Waals surface area contributed by atoms with Crippen LogP contribution in [0.15, 0.2) is 72.3 Å². The highest BCUT2D eigenvalue weighted by Crippen LogP contribution is 2.43. The van der Waals surface area contributed by atoms with Gasteiger partial charge in [-0.3, -0.25) is 4.90 Å². The summed E-state index contributed by atoms with van der Waals surface area (Å²) in [4.78, 5) is 16.8. The van der Waals surface area contributed by atoms with E-state index in [4.69, 9.17) is 16.3 Å². The molecule has 39 heavy (non-hydrogen) atoms. The van der Waals surface area contributed by atoms with Crippen LogP contribution in [-0.4, -0.2) is 48.7 Å². The molecule has 0 bridgehead atoms. The van der Waals surface area contributed by atoms with Crippen LogP contribution in [0.2, 0.25) is 5.02 Å². The number of nitrogens with zero attached hydrogens (tertiary/aromatic N) is 2. The number of allylic oxidation sites excluding steroid dienone is 1. The Bertz CT molecular complexity index is 1370. The van der Waals surface area contributed by atoms with Crippen molar-refractivity contribution in [2.75, 3.05) is 37.6 Å². The van der Waals surface area contributed by atoms with Gasteiger partial charge in [-0.15, -0.1) is 0 Å². The summed E-state index contributed by atoms with van der Waals surface area (Å²) in [5.41, 5.74) is 6.74. The van der Waals surface area contributed by atoms with E-state index in [9.17, 15) is 9.90 Å². The normalized spacial score (nSPS) is 17.8. The van der Waals surface area contributed by atoms with Gasteiger partial charge in [0.05, 0.1) is 0 Å². The van der Waals surface area contributed by atoms with Crippen LogP contribution < -0.4 is 9.64 Å². The van der Waals surface area contributed by atoms with Crippen LogP contribution in [0, 0.1) is 12.3 Å². The standard InChI is InChI=1S/C33H37ClN2O3/c1-23-6-4-5-7-30(23)39-31-20-27(12-13-28(31)32(37)38)36-18-16-35(17-19-36)22-25-14-15-33(2,3)21-29(25)24-8-10-26(34)11-9-24/h4-13,20H,14-19,21-22H2,1-3H3,(H,37,38). The molecule has 1 aliphatic heterocycles. The number of halogens is 1. The molecule has 3 aromatic rings. The summed E-state index contributed by atoms with van der Waals surface area (Å²) < 4.78 is 6.10. The molecule has 0 aromatic heterocycles. The van der Waals surface area contributed by atoms with Gasteiger partial charge in [-0.05, 0) is 78.6 Å². The number of hydrogen-bond acceptors (Lipinski definition) is 4. The Hall–Kier alpha value is -3.28. The van der Waals surface area contributed by atoms with E-state index >= 15 is 0 Å². The molecule has 0 atom stereocenters. The summed E-state index contributed by atoms with van der Waals surface area (Å²) in [6.07, 6.45) is 3.42. The SMILES string of the molecule is Cc1ccccc1Oc1cc(N2CCN(CC3=C(c4ccc(Cl)cc4)CC(C)(C)CC3)CC2)ccc1C(=O)O. The Kier molecular flexibility index (Phi) is 8.01.